The first-order valence-electron chi connectivity index (χ1n) is 11.7. The van der Waals surface area contributed by atoms with Crippen molar-refractivity contribution in [3.05, 3.63) is 70.2 Å². The molecule has 4 aromatic heterocycles. The average Bonchev–Trinajstić information content (AvgIpc) is 3.62. The summed E-state index contributed by atoms with van der Waals surface area (Å²) >= 11 is 2.85. The molecule has 1 aliphatic rings. The summed E-state index contributed by atoms with van der Waals surface area (Å²) in [5, 5.41) is 25.4. The molecule has 1 fully saturated rings. The van der Waals surface area contributed by atoms with Gasteiger partial charge in [-0.05, 0) is 49.4 Å². The van der Waals surface area contributed by atoms with Crippen LogP contribution in [-0.2, 0) is 28.9 Å². The molecule has 4 heterocycles. The molecule has 10 nitrogen and oxygen atoms in total. The number of hydrogen-bond acceptors (Lipinski definition) is 10. The number of carbonyl (C=O) groups excluding carboxylic acids is 2. The summed E-state index contributed by atoms with van der Waals surface area (Å²) in [5.41, 5.74) is 1.43. The fourth-order valence-corrected chi connectivity index (χ4v) is 6.01. The van der Waals surface area contributed by atoms with Crippen molar-refractivity contribution >= 4 is 44.8 Å². The average molecular weight is 521 g/mol. The van der Waals surface area contributed by atoms with Crippen LogP contribution in [0.3, 0.4) is 0 Å². The minimum Gasteiger partial charge on any atom is -0.300 e. The van der Waals surface area contributed by atoms with Crippen LogP contribution < -0.4 is 10.6 Å². The van der Waals surface area contributed by atoms with Crippen molar-refractivity contribution in [1.29, 1.82) is 0 Å². The van der Waals surface area contributed by atoms with Gasteiger partial charge in [-0.1, -0.05) is 34.8 Å². The Morgan fingerprint density at radius 3 is 2.08 bits per heavy atom. The monoisotopic (exact) mass is 520 g/mol. The topological polar surface area (TPSA) is 136 Å². The Balaban J connectivity index is 1.09. The summed E-state index contributed by atoms with van der Waals surface area (Å²) in [5.74, 6) is 0.474. The number of amides is 2. The van der Waals surface area contributed by atoms with Gasteiger partial charge in [-0.15, -0.1) is 20.4 Å². The number of aromatic nitrogens is 6. The molecule has 0 aliphatic heterocycles. The Bertz CT molecular complexity index is 1310. The molecule has 1 aliphatic carbocycles. The van der Waals surface area contributed by atoms with Crippen LogP contribution in [0, 0.1) is 5.92 Å². The summed E-state index contributed by atoms with van der Waals surface area (Å²) in [4.78, 5) is 32.9. The van der Waals surface area contributed by atoms with Crippen LogP contribution in [0.15, 0.2) is 48.8 Å². The predicted octanol–water partition coefficient (Wildman–Crippen LogP) is 3.67. The molecule has 1 saturated carbocycles. The molecular formula is C24H24N8O2S2. The standard InChI is InChI=1S/C24H24N8O2S2/c33-19(13-17-5-1-3-9-25-17)27-23-31-29-21(35-23)12-15-7-8-16(11-15)22-30-32-24(36-22)28-20(34)14-18-6-2-4-10-26-18/h1-6,9-10,15-16H,7-8,11-14H2,(H,27,31,33)(H,28,32,34)/t15-,16-/m0/s1. The molecule has 0 saturated heterocycles. The summed E-state index contributed by atoms with van der Waals surface area (Å²) in [7, 11) is 0. The number of hydrogen-bond donors (Lipinski definition) is 2. The molecule has 0 radical (unpaired) electrons. The van der Waals surface area contributed by atoms with Crippen LogP contribution in [0.4, 0.5) is 10.3 Å². The van der Waals surface area contributed by atoms with Crippen LogP contribution in [0.1, 0.15) is 46.6 Å². The van der Waals surface area contributed by atoms with Crippen molar-refractivity contribution in [2.45, 2.75) is 44.4 Å². The Morgan fingerprint density at radius 2 is 1.44 bits per heavy atom. The van der Waals surface area contributed by atoms with Gasteiger partial charge in [0.15, 0.2) is 0 Å². The third-order valence-corrected chi connectivity index (χ3v) is 7.75. The second kappa shape index (κ2) is 11.4. The number of carbonyl (C=O) groups is 2. The zero-order valence-electron chi connectivity index (χ0n) is 19.3. The van der Waals surface area contributed by atoms with Gasteiger partial charge in [-0.25, -0.2) is 0 Å². The zero-order valence-corrected chi connectivity index (χ0v) is 21.0. The van der Waals surface area contributed by atoms with E-state index < -0.39 is 0 Å². The number of nitrogens with one attached hydrogen (secondary N) is 2. The van der Waals surface area contributed by atoms with E-state index >= 15 is 0 Å². The maximum atomic E-state index is 12.3. The van der Waals surface area contributed by atoms with Gasteiger partial charge in [0.2, 0.25) is 22.1 Å². The smallest absolute Gasteiger partial charge is 0.232 e. The summed E-state index contributed by atoms with van der Waals surface area (Å²) < 4.78 is 0. The molecule has 4 aromatic rings. The van der Waals surface area contributed by atoms with Gasteiger partial charge >= 0.3 is 0 Å². The Morgan fingerprint density at radius 1 is 0.806 bits per heavy atom. The highest BCUT2D eigenvalue weighted by molar-refractivity contribution is 7.15. The molecule has 12 heteroatoms. The molecule has 0 unspecified atom stereocenters. The van der Waals surface area contributed by atoms with Crippen molar-refractivity contribution in [2.24, 2.45) is 5.92 Å². The first-order chi connectivity index (χ1) is 17.6. The zero-order chi connectivity index (χ0) is 24.7. The lowest BCUT2D eigenvalue weighted by Crippen LogP contribution is -2.14. The fourth-order valence-electron chi connectivity index (χ4n) is 4.23. The van der Waals surface area contributed by atoms with E-state index in [1.807, 2.05) is 36.4 Å². The molecule has 0 spiro atoms. The predicted molar refractivity (Wildman–Crippen MR) is 137 cm³/mol. The van der Waals surface area contributed by atoms with Crippen molar-refractivity contribution in [2.75, 3.05) is 10.6 Å². The minimum absolute atomic E-state index is 0.153. The lowest BCUT2D eigenvalue weighted by Gasteiger charge is -2.07. The van der Waals surface area contributed by atoms with Gasteiger partial charge in [0.25, 0.3) is 0 Å². The fraction of sp³-hybridized carbons (Fsp3) is 0.333. The van der Waals surface area contributed by atoms with E-state index in [1.165, 1.54) is 22.7 Å². The van der Waals surface area contributed by atoms with Crippen molar-refractivity contribution in [3.8, 4) is 0 Å². The Kier molecular flexibility index (Phi) is 7.62. The van der Waals surface area contributed by atoms with Crippen LogP contribution >= 0.6 is 22.7 Å². The minimum atomic E-state index is -0.156. The Hall–Kier alpha value is -3.64. The number of pyridine rings is 2. The van der Waals surface area contributed by atoms with Gasteiger partial charge in [0.05, 0.1) is 12.8 Å². The van der Waals surface area contributed by atoms with E-state index in [0.29, 0.717) is 33.5 Å². The van der Waals surface area contributed by atoms with E-state index in [2.05, 4.69) is 41.0 Å². The third kappa shape index (κ3) is 6.52. The Labute approximate surface area is 215 Å². The summed E-state index contributed by atoms with van der Waals surface area (Å²) in [6.45, 7) is 0. The van der Waals surface area contributed by atoms with E-state index in [4.69, 9.17) is 0 Å². The largest absolute Gasteiger partial charge is 0.300 e. The number of nitrogens with zero attached hydrogens (tertiary/aromatic N) is 6. The highest BCUT2D eigenvalue weighted by Gasteiger charge is 2.29. The maximum Gasteiger partial charge on any atom is 0.232 e. The first kappa shape index (κ1) is 24.1. The second-order valence-electron chi connectivity index (χ2n) is 8.62. The van der Waals surface area contributed by atoms with Gasteiger partial charge in [0, 0.05) is 36.1 Å². The molecule has 5 rings (SSSR count). The SMILES string of the molecule is O=C(Cc1ccccn1)Nc1nnc(C[C@H]2CC[C@H](c3nnc(NC(=O)Cc4ccccn4)s3)C2)s1. The quantitative estimate of drug-likeness (QED) is 0.341. The van der Waals surface area contributed by atoms with E-state index in [9.17, 15) is 9.59 Å². The molecule has 2 amide bonds. The van der Waals surface area contributed by atoms with Crippen LogP contribution in [0.5, 0.6) is 0 Å². The highest BCUT2D eigenvalue weighted by atomic mass is 32.1. The lowest BCUT2D eigenvalue weighted by atomic mass is 10.0. The van der Waals surface area contributed by atoms with E-state index in [0.717, 1.165) is 35.7 Å². The molecular weight excluding hydrogens is 496 g/mol. The van der Waals surface area contributed by atoms with Crippen LogP contribution in [-0.4, -0.2) is 42.2 Å². The van der Waals surface area contributed by atoms with Gasteiger partial charge in [-0.2, -0.15) is 0 Å². The van der Waals surface area contributed by atoms with Crippen LogP contribution in [0.25, 0.3) is 0 Å². The van der Waals surface area contributed by atoms with Crippen molar-refractivity contribution < 1.29 is 9.59 Å². The number of rotatable bonds is 9. The molecule has 2 N–H and O–H groups in total. The molecule has 2 atom stereocenters. The maximum absolute atomic E-state index is 12.3. The lowest BCUT2D eigenvalue weighted by molar-refractivity contribution is -0.116. The second-order valence-corrected chi connectivity index (χ2v) is 10.7. The molecule has 36 heavy (non-hydrogen) atoms. The summed E-state index contributed by atoms with van der Waals surface area (Å²) in [6, 6.07) is 11.0. The molecule has 184 valence electrons. The van der Waals surface area contributed by atoms with Gasteiger partial charge in [-0.3, -0.25) is 19.6 Å². The highest BCUT2D eigenvalue weighted by Crippen LogP contribution is 2.41. The molecule has 0 aromatic carbocycles. The number of anilines is 2. The van der Waals surface area contributed by atoms with E-state index in [1.54, 1.807) is 12.4 Å². The normalized spacial score (nSPS) is 17.1. The third-order valence-electron chi connectivity index (χ3n) is 5.89. The van der Waals surface area contributed by atoms with Gasteiger partial charge in [0.1, 0.15) is 10.0 Å². The van der Waals surface area contributed by atoms with E-state index in [-0.39, 0.29) is 24.7 Å². The first-order valence-corrected chi connectivity index (χ1v) is 13.3. The summed E-state index contributed by atoms with van der Waals surface area (Å²) in [6.07, 6.45) is 7.63. The van der Waals surface area contributed by atoms with Crippen LogP contribution in [0.2, 0.25) is 0 Å². The molecule has 0 bridgehead atoms. The van der Waals surface area contributed by atoms with Gasteiger partial charge < -0.3 is 10.6 Å². The van der Waals surface area contributed by atoms with Crippen molar-refractivity contribution in [1.82, 2.24) is 30.4 Å². The van der Waals surface area contributed by atoms with Crippen molar-refractivity contribution in [3.63, 3.8) is 0 Å².